The van der Waals surface area contributed by atoms with Gasteiger partial charge in [0.05, 0.1) is 29.2 Å². The summed E-state index contributed by atoms with van der Waals surface area (Å²) in [6.45, 7) is 5.76. The number of hydrogen-bond donors (Lipinski definition) is 1. The van der Waals surface area contributed by atoms with Crippen LogP contribution >= 0.6 is 0 Å². The summed E-state index contributed by atoms with van der Waals surface area (Å²) >= 11 is 0. The molecule has 0 saturated heterocycles. The van der Waals surface area contributed by atoms with Crippen LogP contribution < -0.4 is 14.8 Å². The van der Waals surface area contributed by atoms with E-state index in [9.17, 15) is 9.18 Å². The zero-order chi connectivity index (χ0) is 20.1. The second kappa shape index (κ2) is 8.43. The van der Waals surface area contributed by atoms with Gasteiger partial charge >= 0.3 is 6.01 Å². The molecule has 28 heavy (non-hydrogen) atoms. The Morgan fingerprint density at radius 1 is 1.11 bits per heavy atom. The SMILES string of the molecule is CCOc1ccc(C(=O)Nc2c(C)nc(Oc3ccccc3F)nc2C)cn1. The quantitative estimate of drug-likeness (QED) is 0.692. The summed E-state index contributed by atoms with van der Waals surface area (Å²) in [6, 6.07) is 9.23. The van der Waals surface area contributed by atoms with Crippen molar-refractivity contribution in [3.63, 3.8) is 0 Å². The number of carbonyl (C=O) groups excluding carboxylic acids is 1. The van der Waals surface area contributed by atoms with Crippen LogP contribution in [-0.4, -0.2) is 27.5 Å². The van der Waals surface area contributed by atoms with Gasteiger partial charge in [0.25, 0.3) is 5.91 Å². The third-order valence-corrected chi connectivity index (χ3v) is 3.82. The lowest BCUT2D eigenvalue weighted by atomic mass is 10.2. The van der Waals surface area contributed by atoms with Crippen LogP contribution in [0.4, 0.5) is 10.1 Å². The van der Waals surface area contributed by atoms with E-state index >= 15 is 0 Å². The van der Waals surface area contributed by atoms with Crippen LogP contribution in [0.3, 0.4) is 0 Å². The van der Waals surface area contributed by atoms with Crippen molar-refractivity contribution in [2.45, 2.75) is 20.8 Å². The molecule has 0 spiro atoms. The van der Waals surface area contributed by atoms with Gasteiger partial charge in [-0.25, -0.2) is 9.37 Å². The van der Waals surface area contributed by atoms with Gasteiger partial charge in [0.1, 0.15) is 0 Å². The van der Waals surface area contributed by atoms with E-state index in [2.05, 4.69) is 20.3 Å². The van der Waals surface area contributed by atoms with Crippen LogP contribution in [0.5, 0.6) is 17.6 Å². The van der Waals surface area contributed by atoms with Gasteiger partial charge in [0.15, 0.2) is 11.6 Å². The molecule has 0 radical (unpaired) electrons. The zero-order valence-corrected chi connectivity index (χ0v) is 15.7. The van der Waals surface area contributed by atoms with Gasteiger partial charge in [0.2, 0.25) is 5.88 Å². The van der Waals surface area contributed by atoms with E-state index in [4.69, 9.17) is 9.47 Å². The molecule has 7 nitrogen and oxygen atoms in total. The number of nitrogens with one attached hydrogen (secondary N) is 1. The minimum absolute atomic E-state index is 0.000771. The predicted octanol–water partition coefficient (Wildman–Crippen LogP) is 4.07. The first-order valence-corrected chi connectivity index (χ1v) is 8.65. The van der Waals surface area contributed by atoms with E-state index in [1.165, 1.54) is 18.3 Å². The monoisotopic (exact) mass is 382 g/mol. The first kappa shape index (κ1) is 19.2. The Bertz CT molecular complexity index is 970. The third-order valence-electron chi connectivity index (χ3n) is 3.82. The lowest BCUT2D eigenvalue weighted by Gasteiger charge is -2.13. The largest absolute Gasteiger partial charge is 0.478 e. The van der Waals surface area contributed by atoms with Crippen molar-refractivity contribution < 1.29 is 18.7 Å². The Morgan fingerprint density at radius 2 is 1.82 bits per heavy atom. The molecular formula is C20H19FN4O3. The number of pyridine rings is 1. The average molecular weight is 382 g/mol. The minimum atomic E-state index is -0.512. The highest BCUT2D eigenvalue weighted by molar-refractivity contribution is 6.04. The number of nitrogens with zero attached hydrogens (tertiary/aromatic N) is 3. The molecular weight excluding hydrogens is 363 g/mol. The molecule has 2 heterocycles. The van der Waals surface area contributed by atoms with Crippen molar-refractivity contribution in [1.29, 1.82) is 0 Å². The first-order valence-electron chi connectivity index (χ1n) is 8.65. The summed E-state index contributed by atoms with van der Waals surface area (Å²) in [5, 5.41) is 2.77. The van der Waals surface area contributed by atoms with Crippen LogP contribution in [0, 0.1) is 19.7 Å². The zero-order valence-electron chi connectivity index (χ0n) is 15.7. The lowest BCUT2D eigenvalue weighted by molar-refractivity contribution is 0.102. The minimum Gasteiger partial charge on any atom is -0.478 e. The van der Waals surface area contributed by atoms with Gasteiger partial charge in [-0.15, -0.1) is 0 Å². The first-order chi connectivity index (χ1) is 13.5. The molecule has 1 aromatic carbocycles. The highest BCUT2D eigenvalue weighted by Gasteiger charge is 2.15. The number of carbonyl (C=O) groups is 1. The van der Waals surface area contributed by atoms with Gasteiger partial charge < -0.3 is 14.8 Å². The molecule has 0 aliphatic rings. The fourth-order valence-corrected chi connectivity index (χ4v) is 2.47. The predicted molar refractivity (Wildman–Crippen MR) is 101 cm³/mol. The molecule has 3 aromatic rings. The number of benzene rings is 1. The number of rotatable bonds is 6. The second-order valence-electron chi connectivity index (χ2n) is 5.86. The van der Waals surface area contributed by atoms with Crippen LogP contribution in [0.15, 0.2) is 42.6 Å². The Morgan fingerprint density at radius 3 is 2.43 bits per heavy atom. The molecule has 1 N–H and O–H groups in total. The maximum atomic E-state index is 13.7. The van der Waals surface area contributed by atoms with Gasteiger partial charge in [-0.05, 0) is 39.0 Å². The van der Waals surface area contributed by atoms with Crippen molar-refractivity contribution in [1.82, 2.24) is 15.0 Å². The molecule has 3 rings (SSSR count). The van der Waals surface area contributed by atoms with E-state index in [0.717, 1.165) is 0 Å². The summed E-state index contributed by atoms with van der Waals surface area (Å²) in [4.78, 5) is 25.0. The fraction of sp³-hybridized carbons (Fsp3) is 0.200. The normalized spacial score (nSPS) is 10.4. The molecule has 0 unspecified atom stereocenters. The number of ether oxygens (including phenoxy) is 2. The maximum absolute atomic E-state index is 13.7. The summed E-state index contributed by atoms with van der Waals surface area (Å²) in [5.74, 6) is -0.391. The summed E-state index contributed by atoms with van der Waals surface area (Å²) in [5.41, 5.74) is 1.81. The standard InChI is InChI=1S/C20H19FN4O3/c1-4-27-17-10-9-14(11-22-17)19(26)25-18-12(2)23-20(24-13(18)3)28-16-8-6-5-7-15(16)21/h5-11H,4H2,1-3H3,(H,25,26). The van der Waals surface area contributed by atoms with E-state index in [0.29, 0.717) is 35.1 Å². The Balaban J connectivity index is 1.77. The molecule has 0 bridgehead atoms. The van der Waals surface area contributed by atoms with Crippen molar-refractivity contribution in [2.75, 3.05) is 11.9 Å². The number of aromatic nitrogens is 3. The van der Waals surface area contributed by atoms with E-state index in [1.54, 1.807) is 38.1 Å². The lowest BCUT2D eigenvalue weighted by Crippen LogP contribution is -2.15. The van der Waals surface area contributed by atoms with Crippen LogP contribution in [0.2, 0.25) is 0 Å². The van der Waals surface area contributed by atoms with Crippen LogP contribution in [0.1, 0.15) is 28.7 Å². The average Bonchev–Trinajstić information content (AvgIpc) is 2.67. The smallest absolute Gasteiger partial charge is 0.322 e. The number of para-hydroxylation sites is 1. The number of aryl methyl sites for hydroxylation is 2. The summed E-state index contributed by atoms with van der Waals surface area (Å²) in [6.07, 6.45) is 1.43. The fourth-order valence-electron chi connectivity index (χ4n) is 2.47. The number of hydrogen-bond acceptors (Lipinski definition) is 6. The molecule has 1 amide bonds. The number of anilines is 1. The van der Waals surface area contributed by atoms with E-state index in [1.807, 2.05) is 6.92 Å². The van der Waals surface area contributed by atoms with Crippen LogP contribution in [-0.2, 0) is 0 Å². The number of amides is 1. The summed E-state index contributed by atoms with van der Waals surface area (Å²) < 4.78 is 24.4. The molecule has 0 atom stereocenters. The maximum Gasteiger partial charge on any atom is 0.322 e. The van der Waals surface area contributed by atoms with Crippen molar-refractivity contribution in [2.24, 2.45) is 0 Å². The molecule has 0 aliphatic carbocycles. The van der Waals surface area contributed by atoms with Crippen molar-refractivity contribution >= 4 is 11.6 Å². The number of halogens is 1. The highest BCUT2D eigenvalue weighted by Crippen LogP contribution is 2.25. The van der Waals surface area contributed by atoms with E-state index in [-0.39, 0.29) is 17.7 Å². The Labute approximate surface area is 161 Å². The molecule has 8 heteroatoms. The Hall–Kier alpha value is -3.55. The molecule has 0 aliphatic heterocycles. The molecule has 144 valence electrons. The van der Waals surface area contributed by atoms with Gasteiger partial charge in [0, 0.05) is 12.3 Å². The van der Waals surface area contributed by atoms with E-state index < -0.39 is 5.82 Å². The highest BCUT2D eigenvalue weighted by atomic mass is 19.1. The van der Waals surface area contributed by atoms with Crippen LogP contribution in [0.25, 0.3) is 0 Å². The molecule has 0 fully saturated rings. The van der Waals surface area contributed by atoms with Gasteiger partial charge in [-0.2, -0.15) is 9.97 Å². The van der Waals surface area contributed by atoms with Gasteiger partial charge in [-0.3, -0.25) is 4.79 Å². The third kappa shape index (κ3) is 4.40. The second-order valence-corrected chi connectivity index (χ2v) is 5.86. The molecule has 2 aromatic heterocycles. The topological polar surface area (TPSA) is 86.2 Å². The van der Waals surface area contributed by atoms with Gasteiger partial charge in [-0.1, -0.05) is 12.1 Å². The van der Waals surface area contributed by atoms with Crippen molar-refractivity contribution in [3.8, 4) is 17.6 Å². The molecule has 0 saturated carbocycles. The summed E-state index contributed by atoms with van der Waals surface area (Å²) in [7, 11) is 0. The van der Waals surface area contributed by atoms with Crippen molar-refractivity contribution in [3.05, 3.63) is 65.4 Å². The Kier molecular flexibility index (Phi) is 5.78.